The summed E-state index contributed by atoms with van der Waals surface area (Å²) in [4.78, 5) is 2.51. The third-order valence-corrected chi connectivity index (χ3v) is 4.21. The molecule has 100 valence electrons. The molecule has 0 radical (unpaired) electrons. The zero-order chi connectivity index (χ0) is 13.1. The van der Waals surface area contributed by atoms with Gasteiger partial charge in [0.05, 0.1) is 0 Å². The van der Waals surface area contributed by atoms with Crippen LogP contribution in [0.4, 0.5) is 0 Å². The van der Waals surface area contributed by atoms with Crippen LogP contribution >= 0.6 is 0 Å². The molecule has 3 unspecified atom stereocenters. The maximum absolute atomic E-state index is 9.59. The van der Waals surface area contributed by atoms with E-state index in [1.165, 1.54) is 18.4 Å². The van der Waals surface area contributed by atoms with Crippen LogP contribution in [0.25, 0.3) is 0 Å². The highest BCUT2D eigenvalue weighted by molar-refractivity contribution is 5.29. The molecule has 2 rings (SSSR count). The van der Waals surface area contributed by atoms with Crippen molar-refractivity contribution in [3.63, 3.8) is 0 Å². The summed E-state index contributed by atoms with van der Waals surface area (Å²) in [5, 5.41) is 9.59. The van der Waals surface area contributed by atoms with Gasteiger partial charge in [-0.05, 0) is 56.8 Å². The van der Waals surface area contributed by atoms with Crippen molar-refractivity contribution < 1.29 is 5.11 Å². The van der Waals surface area contributed by atoms with Crippen molar-refractivity contribution in [2.24, 2.45) is 11.7 Å². The Morgan fingerprint density at radius 1 is 1.44 bits per heavy atom. The Morgan fingerprint density at radius 3 is 2.89 bits per heavy atom. The summed E-state index contributed by atoms with van der Waals surface area (Å²) in [6, 6.07) is 8.51. The minimum absolute atomic E-state index is 0.335. The van der Waals surface area contributed by atoms with E-state index < -0.39 is 0 Å². The molecule has 18 heavy (non-hydrogen) atoms. The van der Waals surface area contributed by atoms with Crippen LogP contribution in [-0.2, 0) is 0 Å². The molecule has 1 heterocycles. The van der Waals surface area contributed by atoms with Crippen LogP contribution in [0.5, 0.6) is 5.75 Å². The number of likely N-dealkylation sites (tertiary alicyclic amines) is 1. The van der Waals surface area contributed by atoms with Crippen molar-refractivity contribution in [3.05, 3.63) is 29.8 Å². The van der Waals surface area contributed by atoms with Crippen molar-refractivity contribution in [1.82, 2.24) is 4.90 Å². The third-order valence-electron chi connectivity index (χ3n) is 4.21. The molecule has 1 saturated heterocycles. The number of hydrogen-bond donors (Lipinski definition) is 2. The molecule has 1 aromatic rings. The Kier molecular flexibility index (Phi) is 4.25. The molecular formula is C15H24N2O. The van der Waals surface area contributed by atoms with Crippen LogP contribution in [0.15, 0.2) is 24.3 Å². The second-order valence-electron chi connectivity index (χ2n) is 5.50. The Balaban J connectivity index is 2.13. The fourth-order valence-corrected chi connectivity index (χ4v) is 2.92. The lowest BCUT2D eigenvalue weighted by atomic mass is 9.91. The van der Waals surface area contributed by atoms with E-state index in [4.69, 9.17) is 5.73 Å². The Morgan fingerprint density at radius 2 is 2.22 bits per heavy atom. The molecule has 0 aromatic heterocycles. The standard InChI is InChI=1S/C15H24N2O/c1-11-6-7-13(9-16)10-17(11)12(2)14-4-3-5-15(18)8-14/h3-5,8,11-13,18H,6-7,9-10,16H2,1-2H3. The number of hydrogen-bond acceptors (Lipinski definition) is 3. The van der Waals surface area contributed by atoms with E-state index in [1.54, 1.807) is 6.07 Å². The first-order valence-corrected chi connectivity index (χ1v) is 6.86. The van der Waals surface area contributed by atoms with E-state index in [-0.39, 0.29) is 0 Å². The summed E-state index contributed by atoms with van der Waals surface area (Å²) in [7, 11) is 0. The van der Waals surface area contributed by atoms with Crippen LogP contribution in [0.2, 0.25) is 0 Å². The number of nitrogens with two attached hydrogens (primary N) is 1. The lowest BCUT2D eigenvalue weighted by Crippen LogP contribution is -2.44. The monoisotopic (exact) mass is 248 g/mol. The fraction of sp³-hybridized carbons (Fsp3) is 0.600. The summed E-state index contributed by atoms with van der Waals surface area (Å²) < 4.78 is 0. The first kappa shape index (κ1) is 13.4. The third kappa shape index (κ3) is 2.85. The number of piperidine rings is 1. The summed E-state index contributed by atoms with van der Waals surface area (Å²) in [6.07, 6.45) is 2.45. The van der Waals surface area contributed by atoms with Crippen molar-refractivity contribution in [2.45, 2.75) is 38.8 Å². The van der Waals surface area contributed by atoms with Gasteiger partial charge < -0.3 is 10.8 Å². The molecule has 0 saturated carbocycles. The lowest BCUT2D eigenvalue weighted by Gasteiger charge is -2.41. The van der Waals surface area contributed by atoms with E-state index in [0.29, 0.717) is 23.8 Å². The molecule has 1 aliphatic heterocycles. The summed E-state index contributed by atoms with van der Waals surface area (Å²) in [6.45, 7) is 6.33. The minimum Gasteiger partial charge on any atom is -0.508 e. The van der Waals surface area contributed by atoms with Gasteiger partial charge in [0.25, 0.3) is 0 Å². The SMILES string of the molecule is CC1CCC(CN)CN1C(C)c1cccc(O)c1. The summed E-state index contributed by atoms with van der Waals surface area (Å²) in [5.74, 6) is 0.959. The minimum atomic E-state index is 0.335. The first-order valence-electron chi connectivity index (χ1n) is 6.86. The first-order chi connectivity index (χ1) is 8.61. The van der Waals surface area contributed by atoms with Crippen LogP contribution in [-0.4, -0.2) is 29.1 Å². The van der Waals surface area contributed by atoms with Gasteiger partial charge in [-0.3, -0.25) is 4.90 Å². The highest BCUT2D eigenvalue weighted by Crippen LogP contribution is 2.31. The lowest BCUT2D eigenvalue weighted by molar-refractivity contribution is 0.0812. The van der Waals surface area contributed by atoms with E-state index in [2.05, 4.69) is 24.8 Å². The predicted molar refractivity (Wildman–Crippen MR) is 74.5 cm³/mol. The maximum Gasteiger partial charge on any atom is 0.115 e. The van der Waals surface area contributed by atoms with Crippen LogP contribution in [0, 0.1) is 5.92 Å². The van der Waals surface area contributed by atoms with Crippen molar-refractivity contribution in [1.29, 1.82) is 0 Å². The molecule has 1 fully saturated rings. The van der Waals surface area contributed by atoms with E-state index in [1.807, 2.05) is 12.1 Å². The number of nitrogens with zero attached hydrogens (tertiary/aromatic N) is 1. The van der Waals surface area contributed by atoms with Crippen LogP contribution in [0.1, 0.15) is 38.3 Å². The largest absolute Gasteiger partial charge is 0.508 e. The van der Waals surface area contributed by atoms with Crippen LogP contribution < -0.4 is 5.73 Å². The number of benzene rings is 1. The van der Waals surface area contributed by atoms with Gasteiger partial charge >= 0.3 is 0 Å². The van der Waals surface area contributed by atoms with Crippen LogP contribution in [0.3, 0.4) is 0 Å². The molecule has 3 N–H and O–H groups in total. The van der Waals surface area contributed by atoms with Gasteiger partial charge in [-0.25, -0.2) is 0 Å². The zero-order valence-electron chi connectivity index (χ0n) is 11.3. The molecular weight excluding hydrogens is 224 g/mol. The van der Waals surface area contributed by atoms with Gasteiger partial charge in [0, 0.05) is 18.6 Å². The molecule has 0 bridgehead atoms. The molecule has 0 aliphatic carbocycles. The topological polar surface area (TPSA) is 49.5 Å². The highest BCUT2D eigenvalue weighted by atomic mass is 16.3. The van der Waals surface area contributed by atoms with Gasteiger partial charge in [0.1, 0.15) is 5.75 Å². The molecule has 3 nitrogen and oxygen atoms in total. The molecule has 1 aliphatic rings. The van der Waals surface area contributed by atoms with Crippen molar-refractivity contribution in [3.8, 4) is 5.75 Å². The van der Waals surface area contributed by atoms with Gasteiger partial charge in [-0.2, -0.15) is 0 Å². The highest BCUT2D eigenvalue weighted by Gasteiger charge is 2.28. The van der Waals surface area contributed by atoms with Gasteiger partial charge in [0.15, 0.2) is 0 Å². The smallest absolute Gasteiger partial charge is 0.115 e. The number of phenolic OH excluding ortho intramolecular Hbond substituents is 1. The maximum atomic E-state index is 9.59. The normalized spacial score (nSPS) is 27.1. The van der Waals surface area contributed by atoms with E-state index in [0.717, 1.165) is 13.1 Å². The molecule has 3 heteroatoms. The zero-order valence-corrected chi connectivity index (χ0v) is 11.3. The molecule has 1 aromatic carbocycles. The second-order valence-corrected chi connectivity index (χ2v) is 5.50. The average Bonchev–Trinajstić information content (AvgIpc) is 2.38. The van der Waals surface area contributed by atoms with Gasteiger partial charge in [-0.1, -0.05) is 12.1 Å². The molecule has 3 atom stereocenters. The predicted octanol–water partition coefficient (Wildman–Crippen LogP) is 2.51. The van der Waals surface area contributed by atoms with E-state index >= 15 is 0 Å². The van der Waals surface area contributed by atoms with Crippen molar-refractivity contribution in [2.75, 3.05) is 13.1 Å². The van der Waals surface area contributed by atoms with Crippen molar-refractivity contribution >= 4 is 0 Å². The van der Waals surface area contributed by atoms with Gasteiger partial charge in [-0.15, -0.1) is 0 Å². The summed E-state index contributed by atoms with van der Waals surface area (Å²) >= 11 is 0. The average molecular weight is 248 g/mol. The van der Waals surface area contributed by atoms with E-state index in [9.17, 15) is 5.11 Å². The molecule has 0 spiro atoms. The Bertz CT molecular complexity index is 394. The second kappa shape index (κ2) is 5.72. The number of rotatable bonds is 3. The molecule has 0 amide bonds. The Labute approximate surface area is 110 Å². The Hall–Kier alpha value is -1.06. The summed E-state index contributed by atoms with van der Waals surface area (Å²) in [5.41, 5.74) is 6.99. The van der Waals surface area contributed by atoms with Gasteiger partial charge in [0.2, 0.25) is 0 Å². The number of aromatic hydroxyl groups is 1. The number of phenols is 1. The quantitative estimate of drug-likeness (QED) is 0.864. The fourth-order valence-electron chi connectivity index (χ4n) is 2.92.